The van der Waals surface area contributed by atoms with Crippen molar-refractivity contribution in [3.8, 4) is 0 Å². The number of methoxy groups -OCH3 is 1. The SMILES string of the molecule is COC[C@H]1CCCN1C[C@@H]1OC[C@H](NS(C)(=O)=O)[C@H]1O. The molecule has 20 heavy (non-hydrogen) atoms. The maximum Gasteiger partial charge on any atom is 0.209 e. The van der Waals surface area contributed by atoms with Crippen molar-refractivity contribution in [3.63, 3.8) is 0 Å². The van der Waals surface area contributed by atoms with Crippen molar-refractivity contribution in [2.45, 2.75) is 37.1 Å². The molecule has 0 aromatic rings. The molecular weight excluding hydrogens is 284 g/mol. The summed E-state index contributed by atoms with van der Waals surface area (Å²) in [6.07, 6.45) is 2.12. The Morgan fingerprint density at radius 3 is 2.90 bits per heavy atom. The summed E-state index contributed by atoms with van der Waals surface area (Å²) in [4.78, 5) is 2.25. The largest absolute Gasteiger partial charge is 0.389 e. The molecule has 2 saturated heterocycles. The lowest BCUT2D eigenvalue weighted by molar-refractivity contribution is 0.00485. The molecule has 118 valence electrons. The van der Waals surface area contributed by atoms with Gasteiger partial charge in [0.1, 0.15) is 0 Å². The zero-order chi connectivity index (χ0) is 14.8. The molecule has 0 amide bonds. The fourth-order valence-electron chi connectivity index (χ4n) is 2.97. The third-order valence-electron chi connectivity index (χ3n) is 3.92. The minimum Gasteiger partial charge on any atom is -0.389 e. The first-order chi connectivity index (χ1) is 9.40. The van der Waals surface area contributed by atoms with Gasteiger partial charge in [-0.05, 0) is 19.4 Å². The van der Waals surface area contributed by atoms with Gasteiger partial charge in [0.2, 0.25) is 10.0 Å². The number of likely N-dealkylation sites (tertiary alicyclic amines) is 1. The standard InChI is InChI=1S/C12H24N2O5S/c1-18-7-9-4-3-5-14(9)6-11-12(15)10(8-19-11)13-20(2,16)17/h9-13,15H,3-8H2,1-2H3/t9-,10+,11+,12-/m1/s1. The van der Waals surface area contributed by atoms with Crippen molar-refractivity contribution in [2.24, 2.45) is 0 Å². The van der Waals surface area contributed by atoms with Gasteiger partial charge in [-0.1, -0.05) is 0 Å². The Labute approximate surface area is 120 Å². The van der Waals surface area contributed by atoms with Crippen molar-refractivity contribution in [1.82, 2.24) is 9.62 Å². The normalized spacial score (nSPS) is 35.8. The van der Waals surface area contributed by atoms with Gasteiger partial charge in [0.05, 0.1) is 37.7 Å². The molecule has 0 aromatic heterocycles. The molecule has 7 nitrogen and oxygen atoms in total. The van der Waals surface area contributed by atoms with Crippen molar-refractivity contribution in [3.05, 3.63) is 0 Å². The van der Waals surface area contributed by atoms with Gasteiger partial charge in [-0.3, -0.25) is 4.90 Å². The van der Waals surface area contributed by atoms with Crippen LogP contribution in [-0.4, -0.2) is 82.4 Å². The van der Waals surface area contributed by atoms with Crippen LogP contribution in [0.4, 0.5) is 0 Å². The van der Waals surface area contributed by atoms with E-state index < -0.39 is 22.2 Å². The van der Waals surface area contributed by atoms with Gasteiger partial charge < -0.3 is 14.6 Å². The molecule has 4 atom stereocenters. The van der Waals surface area contributed by atoms with Gasteiger partial charge in [-0.2, -0.15) is 0 Å². The smallest absolute Gasteiger partial charge is 0.209 e. The van der Waals surface area contributed by atoms with E-state index in [4.69, 9.17) is 9.47 Å². The molecule has 2 aliphatic heterocycles. The molecule has 8 heteroatoms. The average Bonchev–Trinajstić information content (AvgIpc) is 2.90. The monoisotopic (exact) mass is 308 g/mol. The summed E-state index contributed by atoms with van der Waals surface area (Å²) in [7, 11) is -1.65. The van der Waals surface area contributed by atoms with Crippen LogP contribution in [0.2, 0.25) is 0 Å². The summed E-state index contributed by atoms with van der Waals surface area (Å²) in [6.45, 7) is 2.46. The van der Waals surface area contributed by atoms with Gasteiger partial charge in [-0.15, -0.1) is 0 Å². The van der Waals surface area contributed by atoms with E-state index in [-0.39, 0.29) is 12.7 Å². The molecule has 0 spiro atoms. The Hall–Kier alpha value is -0.250. The minimum absolute atomic E-state index is 0.210. The van der Waals surface area contributed by atoms with Gasteiger partial charge in [-0.25, -0.2) is 13.1 Å². The maximum atomic E-state index is 11.2. The second-order valence-electron chi connectivity index (χ2n) is 5.61. The van der Waals surface area contributed by atoms with E-state index in [0.717, 1.165) is 25.6 Å². The lowest BCUT2D eigenvalue weighted by atomic mass is 10.1. The van der Waals surface area contributed by atoms with Crippen LogP contribution in [0.5, 0.6) is 0 Å². The lowest BCUT2D eigenvalue weighted by Crippen LogP contribution is -2.47. The van der Waals surface area contributed by atoms with E-state index in [0.29, 0.717) is 19.2 Å². The van der Waals surface area contributed by atoms with Crippen LogP contribution < -0.4 is 4.72 Å². The number of aliphatic hydroxyl groups is 1. The Morgan fingerprint density at radius 1 is 1.50 bits per heavy atom. The number of aliphatic hydroxyl groups excluding tert-OH is 1. The Kier molecular flexibility index (Phi) is 5.38. The summed E-state index contributed by atoms with van der Waals surface area (Å²) >= 11 is 0. The number of nitrogens with zero attached hydrogens (tertiary/aromatic N) is 1. The zero-order valence-electron chi connectivity index (χ0n) is 12.0. The van der Waals surface area contributed by atoms with E-state index in [2.05, 4.69) is 9.62 Å². The number of hydrogen-bond donors (Lipinski definition) is 2. The van der Waals surface area contributed by atoms with Crippen LogP contribution in [0, 0.1) is 0 Å². The van der Waals surface area contributed by atoms with Gasteiger partial charge in [0.25, 0.3) is 0 Å². The molecule has 2 heterocycles. The van der Waals surface area contributed by atoms with E-state index in [1.54, 1.807) is 7.11 Å². The van der Waals surface area contributed by atoms with Gasteiger partial charge in [0, 0.05) is 19.7 Å². The molecule has 0 aliphatic carbocycles. The van der Waals surface area contributed by atoms with Gasteiger partial charge >= 0.3 is 0 Å². The van der Waals surface area contributed by atoms with Crippen molar-refractivity contribution < 1.29 is 23.0 Å². The summed E-state index contributed by atoms with van der Waals surface area (Å²) < 4.78 is 35.6. The van der Waals surface area contributed by atoms with E-state index in [9.17, 15) is 13.5 Å². The second kappa shape index (κ2) is 6.67. The molecule has 0 unspecified atom stereocenters. The van der Waals surface area contributed by atoms with Crippen LogP contribution >= 0.6 is 0 Å². The van der Waals surface area contributed by atoms with Crippen LogP contribution in [-0.2, 0) is 19.5 Å². The van der Waals surface area contributed by atoms with E-state index in [1.807, 2.05) is 0 Å². The first kappa shape index (κ1) is 16.1. The molecule has 0 bridgehead atoms. The lowest BCUT2D eigenvalue weighted by Gasteiger charge is -2.28. The predicted octanol–water partition coefficient (Wildman–Crippen LogP) is -1.23. The number of rotatable bonds is 6. The summed E-state index contributed by atoms with van der Waals surface area (Å²) in [5.74, 6) is 0. The highest BCUT2D eigenvalue weighted by Crippen LogP contribution is 2.22. The topological polar surface area (TPSA) is 88.1 Å². The third kappa shape index (κ3) is 4.12. The van der Waals surface area contributed by atoms with Crippen LogP contribution in [0.15, 0.2) is 0 Å². The summed E-state index contributed by atoms with van der Waals surface area (Å²) in [5.41, 5.74) is 0. The van der Waals surface area contributed by atoms with Crippen LogP contribution in [0.25, 0.3) is 0 Å². The van der Waals surface area contributed by atoms with Crippen molar-refractivity contribution in [2.75, 3.05) is 39.7 Å². The first-order valence-electron chi connectivity index (χ1n) is 6.90. The van der Waals surface area contributed by atoms with Crippen LogP contribution in [0.1, 0.15) is 12.8 Å². The quantitative estimate of drug-likeness (QED) is 0.639. The molecule has 2 aliphatic rings. The van der Waals surface area contributed by atoms with E-state index >= 15 is 0 Å². The molecule has 0 saturated carbocycles. The van der Waals surface area contributed by atoms with Crippen molar-refractivity contribution in [1.29, 1.82) is 0 Å². The molecule has 2 rings (SSSR count). The minimum atomic E-state index is -3.33. The number of sulfonamides is 1. The molecule has 0 aromatic carbocycles. The fraction of sp³-hybridized carbons (Fsp3) is 1.00. The number of ether oxygens (including phenoxy) is 2. The third-order valence-corrected chi connectivity index (χ3v) is 4.65. The molecule has 0 radical (unpaired) electrons. The highest BCUT2D eigenvalue weighted by atomic mass is 32.2. The molecule has 2 fully saturated rings. The predicted molar refractivity (Wildman–Crippen MR) is 74.0 cm³/mol. The first-order valence-corrected chi connectivity index (χ1v) is 8.80. The maximum absolute atomic E-state index is 11.2. The Morgan fingerprint density at radius 2 is 2.25 bits per heavy atom. The Bertz CT molecular complexity index is 416. The van der Waals surface area contributed by atoms with Crippen molar-refractivity contribution >= 4 is 10.0 Å². The Balaban J connectivity index is 1.88. The zero-order valence-corrected chi connectivity index (χ0v) is 12.8. The number of hydrogen-bond acceptors (Lipinski definition) is 6. The summed E-state index contributed by atoms with van der Waals surface area (Å²) in [6, 6.07) is -0.198. The average molecular weight is 308 g/mol. The summed E-state index contributed by atoms with van der Waals surface area (Å²) in [5, 5.41) is 10.2. The number of nitrogens with one attached hydrogen (secondary N) is 1. The van der Waals surface area contributed by atoms with Gasteiger partial charge in [0.15, 0.2) is 0 Å². The second-order valence-corrected chi connectivity index (χ2v) is 7.39. The highest BCUT2D eigenvalue weighted by Gasteiger charge is 2.39. The molecule has 2 N–H and O–H groups in total. The van der Waals surface area contributed by atoms with E-state index in [1.165, 1.54) is 0 Å². The van der Waals surface area contributed by atoms with Crippen LogP contribution in [0.3, 0.4) is 0 Å². The molecular formula is C12H24N2O5S. The fourth-order valence-corrected chi connectivity index (χ4v) is 3.73. The highest BCUT2D eigenvalue weighted by molar-refractivity contribution is 7.88.